The summed E-state index contributed by atoms with van der Waals surface area (Å²) >= 11 is 0. The predicted molar refractivity (Wildman–Crippen MR) is 76.6 cm³/mol. The Hall–Kier alpha value is -1.75. The van der Waals surface area contributed by atoms with Gasteiger partial charge in [-0.15, -0.1) is 0 Å². The first kappa shape index (κ1) is 13.7. The second-order valence-corrected chi connectivity index (χ2v) is 4.91. The maximum absolute atomic E-state index is 10.8. The number of likely N-dealkylation sites (tertiary alicyclic amines) is 1. The minimum absolute atomic E-state index is 0.221. The number of rotatable bonds is 5. The summed E-state index contributed by atoms with van der Waals surface area (Å²) in [6, 6.07) is 5.36. The Balaban J connectivity index is 1.98. The Morgan fingerprint density at radius 3 is 3.00 bits per heavy atom. The SMILES string of the molecule is CCN1CCCC1CNc1ccc(C(=O)O)cc1N. The summed E-state index contributed by atoms with van der Waals surface area (Å²) in [6.07, 6.45) is 2.45. The number of nitrogen functional groups attached to an aromatic ring is 1. The molecule has 0 spiro atoms. The van der Waals surface area contributed by atoms with E-state index in [2.05, 4.69) is 17.1 Å². The van der Waals surface area contributed by atoms with Crippen LogP contribution in [-0.4, -0.2) is 41.7 Å². The topological polar surface area (TPSA) is 78.6 Å². The van der Waals surface area contributed by atoms with E-state index in [1.807, 2.05) is 0 Å². The van der Waals surface area contributed by atoms with E-state index >= 15 is 0 Å². The van der Waals surface area contributed by atoms with Crippen LogP contribution in [0, 0.1) is 0 Å². The normalized spacial score (nSPS) is 19.5. The highest BCUT2D eigenvalue weighted by atomic mass is 16.4. The Morgan fingerprint density at radius 1 is 1.58 bits per heavy atom. The number of nitrogens with two attached hydrogens (primary N) is 1. The molecule has 0 aliphatic carbocycles. The number of anilines is 2. The molecular formula is C14H21N3O2. The van der Waals surface area contributed by atoms with Crippen molar-refractivity contribution < 1.29 is 9.90 Å². The van der Waals surface area contributed by atoms with Crippen LogP contribution in [0.3, 0.4) is 0 Å². The van der Waals surface area contributed by atoms with Crippen LogP contribution in [0.5, 0.6) is 0 Å². The molecule has 0 radical (unpaired) electrons. The van der Waals surface area contributed by atoms with E-state index in [-0.39, 0.29) is 5.56 Å². The van der Waals surface area contributed by atoms with Crippen molar-refractivity contribution in [3.05, 3.63) is 23.8 Å². The number of likely N-dealkylation sites (N-methyl/N-ethyl adjacent to an activating group) is 1. The van der Waals surface area contributed by atoms with Crippen molar-refractivity contribution in [1.82, 2.24) is 4.90 Å². The molecule has 5 heteroatoms. The third-order valence-corrected chi connectivity index (χ3v) is 3.73. The third kappa shape index (κ3) is 3.17. The fourth-order valence-electron chi connectivity index (χ4n) is 2.63. The minimum atomic E-state index is -0.953. The molecule has 0 aromatic heterocycles. The van der Waals surface area contributed by atoms with Crippen LogP contribution in [0.2, 0.25) is 0 Å². The van der Waals surface area contributed by atoms with Gasteiger partial charge in [0.15, 0.2) is 0 Å². The predicted octanol–water partition coefficient (Wildman–Crippen LogP) is 1.86. The first-order valence-electron chi connectivity index (χ1n) is 6.72. The summed E-state index contributed by atoms with van der Waals surface area (Å²) in [5, 5.41) is 12.2. The van der Waals surface area contributed by atoms with Crippen LogP contribution in [-0.2, 0) is 0 Å². The molecule has 5 nitrogen and oxygen atoms in total. The zero-order valence-electron chi connectivity index (χ0n) is 11.2. The van der Waals surface area contributed by atoms with Crippen molar-refractivity contribution in [2.45, 2.75) is 25.8 Å². The second-order valence-electron chi connectivity index (χ2n) is 4.91. The van der Waals surface area contributed by atoms with Crippen LogP contribution in [0.15, 0.2) is 18.2 Å². The molecule has 4 N–H and O–H groups in total. The number of nitrogens with zero attached hydrogens (tertiary/aromatic N) is 1. The number of carbonyl (C=O) groups is 1. The van der Waals surface area contributed by atoms with Crippen molar-refractivity contribution in [3.8, 4) is 0 Å². The zero-order chi connectivity index (χ0) is 13.8. The fraction of sp³-hybridized carbons (Fsp3) is 0.500. The molecule has 0 amide bonds. The highest BCUT2D eigenvalue weighted by Gasteiger charge is 2.22. The maximum Gasteiger partial charge on any atom is 0.335 e. The van der Waals surface area contributed by atoms with E-state index in [9.17, 15) is 4.79 Å². The monoisotopic (exact) mass is 263 g/mol. The van der Waals surface area contributed by atoms with Crippen molar-refractivity contribution in [3.63, 3.8) is 0 Å². The van der Waals surface area contributed by atoms with Crippen LogP contribution < -0.4 is 11.1 Å². The Bertz CT molecular complexity index is 462. The minimum Gasteiger partial charge on any atom is -0.478 e. The molecule has 1 fully saturated rings. The van der Waals surface area contributed by atoms with E-state index in [1.54, 1.807) is 12.1 Å². The van der Waals surface area contributed by atoms with E-state index in [0.717, 1.165) is 25.3 Å². The highest BCUT2D eigenvalue weighted by molar-refractivity contribution is 5.90. The van der Waals surface area contributed by atoms with E-state index in [4.69, 9.17) is 10.8 Å². The molecule has 1 unspecified atom stereocenters. The van der Waals surface area contributed by atoms with Gasteiger partial charge in [0, 0.05) is 12.6 Å². The van der Waals surface area contributed by atoms with Crippen molar-refractivity contribution in [2.24, 2.45) is 0 Å². The van der Waals surface area contributed by atoms with E-state index < -0.39 is 5.97 Å². The Morgan fingerprint density at radius 2 is 2.37 bits per heavy atom. The lowest BCUT2D eigenvalue weighted by Crippen LogP contribution is -2.34. The molecule has 0 saturated carbocycles. The first-order valence-corrected chi connectivity index (χ1v) is 6.72. The van der Waals surface area contributed by atoms with Gasteiger partial charge in [0.25, 0.3) is 0 Å². The quantitative estimate of drug-likeness (QED) is 0.707. The van der Waals surface area contributed by atoms with E-state index in [1.165, 1.54) is 18.9 Å². The molecule has 104 valence electrons. The maximum atomic E-state index is 10.8. The lowest BCUT2D eigenvalue weighted by atomic mass is 10.1. The van der Waals surface area contributed by atoms with Gasteiger partial charge in [-0.05, 0) is 44.1 Å². The molecule has 0 bridgehead atoms. The lowest BCUT2D eigenvalue weighted by Gasteiger charge is -2.23. The summed E-state index contributed by atoms with van der Waals surface area (Å²) in [4.78, 5) is 13.3. The lowest BCUT2D eigenvalue weighted by molar-refractivity contribution is 0.0697. The Kier molecular flexibility index (Phi) is 4.27. The number of benzene rings is 1. The summed E-state index contributed by atoms with van der Waals surface area (Å²) in [6.45, 7) is 5.26. The summed E-state index contributed by atoms with van der Waals surface area (Å²) in [5.74, 6) is -0.953. The summed E-state index contributed by atoms with van der Waals surface area (Å²) in [5.41, 5.74) is 7.39. The van der Waals surface area contributed by atoms with Gasteiger partial charge < -0.3 is 16.2 Å². The van der Waals surface area contributed by atoms with Crippen LogP contribution >= 0.6 is 0 Å². The average Bonchev–Trinajstić information content (AvgIpc) is 2.84. The van der Waals surface area contributed by atoms with Gasteiger partial charge in [0.05, 0.1) is 16.9 Å². The van der Waals surface area contributed by atoms with Crippen molar-refractivity contribution in [1.29, 1.82) is 0 Å². The van der Waals surface area contributed by atoms with Gasteiger partial charge in [0.1, 0.15) is 0 Å². The molecular weight excluding hydrogens is 242 g/mol. The van der Waals surface area contributed by atoms with Gasteiger partial charge in [-0.3, -0.25) is 4.90 Å². The van der Waals surface area contributed by atoms with Gasteiger partial charge >= 0.3 is 5.97 Å². The third-order valence-electron chi connectivity index (χ3n) is 3.73. The van der Waals surface area contributed by atoms with Crippen molar-refractivity contribution in [2.75, 3.05) is 30.7 Å². The van der Waals surface area contributed by atoms with Crippen molar-refractivity contribution >= 4 is 17.3 Å². The first-order chi connectivity index (χ1) is 9.11. The molecule has 1 heterocycles. The average molecular weight is 263 g/mol. The van der Waals surface area contributed by atoms with Gasteiger partial charge in [-0.1, -0.05) is 6.92 Å². The molecule has 2 rings (SSSR count). The zero-order valence-corrected chi connectivity index (χ0v) is 11.2. The molecule has 1 aliphatic heterocycles. The van der Waals surface area contributed by atoms with Crippen LogP contribution in [0.25, 0.3) is 0 Å². The van der Waals surface area contributed by atoms with E-state index in [0.29, 0.717) is 11.7 Å². The molecule has 1 aromatic carbocycles. The fourth-order valence-corrected chi connectivity index (χ4v) is 2.63. The standard InChI is InChI=1S/C14H21N3O2/c1-2-17-7-3-4-11(17)9-16-13-6-5-10(14(18)19)8-12(13)15/h5-6,8,11,16H,2-4,7,9,15H2,1H3,(H,18,19). The molecule has 1 aliphatic rings. The molecule has 1 saturated heterocycles. The van der Waals surface area contributed by atoms with Gasteiger partial charge in [0.2, 0.25) is 0 Å². The second kappa shape index (κ2) is 5.93. The Labute approximate surface area is 113 Å². The number of carboxylic acids is 1. The van der Waals surface area contributed by atoms with Crippen LogP contribution in [0.4, 0.5) is 11.4 Å². The molecule has 1 atom stereocenters. The summed E-state index contributed by atoms with van der Waals surface area (Å²) in [7, 11) is 0. The number of carboxylic acid groups (broad SMARTS) is 1. The molecule has 1 aromatic rings. The number of hydrogen-bond donors (Lipinski definition) is 3. The van der Waals surface area contributed by atoms with Gasteiger partial charge in [-0.2, -0.15) is 0 Å². The largest absolute Gasteiger partial charge is 0.478 e. The number of nitrogens with one attached hydrogen (secondary N) is 1. The number of aromatic carboxylic acids is 1. The van der Waals surface area contributed by atoms with Crippen LogP contribution in [0.1, 0.15) is 30.1 Å². The summed E-state index contributed by atoms with van der Waals surface area (Å²) < 4.78 is 0. The smallest absolute Gasteiger partial charge is 0.335 e. The van der Waals surface area contributed by atoms with Gasteiger partial charge in [-0.25, -0.2) is 4.79 Å². The molecule has 19 heavy (non-hydrogen) atoms. The highest BCUT2D eigenvalue weighted by Crippen LogP contribution is 2.22. The number of hydrogen-bond acceptors (Lipinski definition) is 4.